The summed E-state index contributed by atoms with van der Waals surface area (Å²) in [5, 5.41) is 17.6. The van der Waals surface area contributed by atoms with Crippen molar-refractivity contribution >= 4 is 65.4 Å². The number of aromatic nitrogens is 3. The Kier molecular flexibility index (Phi) is 3.92. The van der Waals surface area contributed by atoms with E-state index in [1.807, 2.05) is 12.1 Å². The van der Waals surface area contributed by atoms with Crippen LogP contribution in [0.15, 0.2) is 64.7 Å². The highest BCUT2D eigenvalue weighted by molar-refractivity contribution is 6.14. The molecule has 5 aromatic carbocycles. The van der Waals surface area contributed by atoms with Gasteiger partial charge in [0, 0.05) is 26.9 Å². The molecule has 7 aromatic rings. The zero-order valence-corrected chi connectivity index (χ0v) is 18.1. The van der Waals surface area contributed by atoms with Crippen molar-refractivity contribution in [3.8, 4) is 6.19 Å². The zero-order valence-electron chi connectivity index (χ0n) is 18.1. The fourth-order valence-corrected chi connectivity index (χ4v) is 4.90. The normalized spacial score (nSPS) is 13.0. The maximum atomic E-state index is 14.0. The molecule has 0 N–H and O–H groups in total. The topological polar surface area (TPSA) is 91.5 Å². The van der Waals surface area contributed by atoms with E-state index in [1.165, 1.54) is 24.3 Å². The Morgan fingerprint density at radius 1 is 0.694 bits per heavy atom. The van der Waals surface area contributed by atoms with Crippen LogP contribution in [0, 0.1) is 29.7 Å². The molecule has 7 rings (SSSR count). The van der Waals surface area contributed by atoms with Gasteiger partial charge in [-0.1, -0.05) is 6.07 Å². The van der Waals surface area contributed by atoms with E-state index in [4.69, 9.17) is 21.5 Å². The van der Waals surface area contributed by atoms with Gasteiger partial charge >= 0.3 is 0 Å². The van der Waals surface area contributed by atoms with Crippen molar-refractivity contribution in [3.05, 3.63) is 88.5 Å². The van der Waals surface area contributed by atoms with Gasteiger partial charge in [0.2, 0.25) is 6.19 Å². The monoisotopic (exact) mass is 469 g/mol. The Labute approximate surface area is 199 Å². The lowest BCUT2D eigenvalue weighted by atomic mass is 10.1. The Morgan fingerprint density at radius 2 is 1.36 bits per heavy atom. The van der Waals surface area contributed by atoms with Crippen molar-refractivity contribution in [2.75, 3.05) is 0 Å². The largest absolute Gasteiger partial charge is 0.245 e. The average molecular weight is 469 g/mol. The van der Waals surface area contributed by atoms with Gasteiger partial charge in [-0.25, -0.2) is 23.7 Å². The van der Waals surface area contributed by atoms with E-state index in [1.54, 1.807) is 24.4 Å². The molecule has 0 saturated heterocycles. The summed E-state index contributed by atoms with van der Waals surface area (Å²) in [6.07, 6.45) is 1.79. The SMILES string of the molecule is [C-]#[N+]/N=c1/c2cc(F)ccc2c2nc3cc4nc5c(=NC#N)c6cc(F)ccc6c5cc4cc3nc12. The highest BCUT2D eigenvalue weighted by atomic mass is 19.1. The molecule has 0 atom stereocenters. The fraction of sp³-hybridized carbons (Fsp3) is 0. The Morgan fingerprint density at radius 3 is 2.11 bits per heavy atom. The third-order valence-corrected chi connectivity index (χ3v) is 6.38. The van der Waals surface area contributed by atoms with Crippen LogP contribution in [0.3, 0.4) is 0 Å². The minimum atomic E-state index is -0.441. The number of benzene rings is 3. The highest BCUT2D eigenvalue weighted by Gasteiger charge is 2.17. The molecule has 0 spiro atoms. The first-order chi connectivity index (χ1) is 17.6. The molecule has 0 aliphatic heterocycles. The molecule has 9 heteroatoms. The first-order valence-electron chi connectivity index (χ1n) is 10.7. The van der Waals surface area contributed by atoms with Crippen molar-refractivity contribution in [1.29, 1.82) is 5.26 Å². The molecule has 2 aromatic heterocycles. The Bertz CT molecular complexity index is 2150. The molecule has 0 unspecified atom stereocenters. The van der Waals surface area contributed by atoms with E-state index in [2.05, 4.69) is 15.0 Å². The summed E-state index contributed by atoms with van der Waals surface area (Å²) < 4.78 is 27.9. The van der Waals surface area contributed by atoms with E-state index in [0.717, 1.165) is 16.2 Å². The van der Waals surface area contributed by atoms with Crippen LogP contribution in [0.25, 0.3) is 70.4 Å². The average Bonchev–Trinajstić information content (AvgIpc) is 3.31. The summed E-state index contributed by atoms with van der Waals surface area (Å²) in [5.74, 6) is -0.870. The van der Waals surface area contributed by atoms with Crippen molar-refractivity contribution in [2.24, 2.45) is 10.1 Å². The van der Waals surface area contributed by atoms with Crippen molar-refractivity contribution in [3.63, 3.8) is 0 Å². The van der Waals surface area contributed by atoms with Crippen molar-refractivity contribution < 1.29 is 8.78 Å². The quantitative estimate of drug-likeness (QED) is 0.134. The minimum absolute atomic E-state index is 0.282. The summed E-state index contributed by atoms with van der Waals surface area (Å²) in [4.78, 5) is 21.3. The maximum Gasteiger partial charge on any atom is 0.206 e. The van der Waals surface area contributed by atoms with Crippen LogP contribution >= 0.6 is 0 Å². The molecule has 0 fully saturated rings. The Balaban J connectivity index is 1.63. The van der Waals surface area contributed by atoms with E-state index in [0.29, 0.717) is 54.6 Å². The third-order valence-electron chi connectivity index (χ3n) is 6.38. The summed E-state index contributed by atoms with van der Waals surface area (Å²) in [7, 11) is 0. The van der Waals surface area contributed by atoms with Gasteiger partial charge in [-0.2, -0.15) is 16.8 Å². The van der Waals surface area contributed by atoms with Gasteiger partial charge in [-0.15, -0.1) is 4.95 Å². The number of hydrogen-bond donors (Lipinski definition) is 0. The maximum absolute atomic E-state index is 14.0. The molecular formula is C27H9F2N7. The molecule has 0 aliphatic rings. The number of fused-ring (bicyclic) bond motifs is 8. The second kappa shape index (κ2) is 7.05. The molecule has 7 nitrogen and oxygen atoms in total. The predicted octanol–water partition coefficient (Wildman–Crippen LogP) is 5.06. The van der Waals surface area contributed by atoms with Crippen LogP contribution in [0.1, 0.15) is 0 Å². The van der Waals surface area contributed by atoms with Crippen LogP contribution in [-0.4, -0.2) is 15.0 Å². The molecule has 166 valence electrons. The summed E-state index contributed by atoms with van der Waals surface area (Å²) in [6, 6.07) is 14.1. The first kappa shape index (κ1) is 20.0. The van der Waals surface area contributed by atoms with Gasteiger partial charge in [-0.3, -0.25) is 0 Å². The van der Waals surface area contributed by atoms with Gasteiger partial charge in [0.25, 0.3) is 0 Å². The number of rotatable bonds is 0. The van der Waals surface area contributed by atoms with Crippen LogP contribution < -0.4 is 10.7 Å². The predicted molar refractivity (Wildman–Crippen MR) is 130 cm³/mol. The second-order valence-electron chi connectivity index (χ2n) is 8.33. The zero-order chi connectivity index (χ0) is 24.6. The number of nitrogens with zero attached hydrogens (tertiary/aromatic N) is 7. The molecule has 2 heterocycles. The summed E-state index contributed by atoms with van der Waals surface area (Å²) in [5.41, 5.74) is 3.12. The second-order valence-corrected chi connectivity index (χ2v) is 8.33. The molecule has 0 aliphatic carbocycles. The van der Waals surface area contributed by atoms with E-state index < -0.39 is 11.6 Å². The first-order valence-corrected chi connectivity index (χ1v) is 10.7. The Hall–Kier alpha value is -5.41. The van der Waals surface area contributed by atoms with Gasteiger partial charge in [0.05, 0.1) is 32.7 Å². The third kappa shape index (κ3) is 2.65. The standard InChI is InChI=1S/C27H9F2N7/c1-31-36-26-19-9-14(29)3-5-16(19)24-27(26)35-21-7-12-6-17-15-4-2-13(28)8-18(15)23(32-11-30)25(17)33-20(12)10-22(21)34-24/h2-10H/b32-23?,36-26-. The molecule has 0 radical (unpaired) electrons. The van der Waals surface area contributed by atoms with E-state index in [9.17, 15) is 14.0 Å². The van der Waals surface area contributed by atoms with Crippen LogP contribution in [0.4, 0.5) is 8.78 Å². The number of pyridine rings is 1. The lowest BCUT2D eigenvalue weighted by molar-refractivity contribution is 0.629. The fourth-order valence-electron chi connectivity index (χ4n) is 4.90. The number of hydrogen-bond acceptors (Lipinski definition) is 6. The molecule has 0 amide bonds. The lowest BCUT2D eigenvalue weighted by Crippen LogP contribution is -2.01. The molecule has 0 saturated carbocycles. The molecular weight excluding hydrogens is 460 g/mol. The van der Waals surface area contributed by atoms with Crippen LogP contribution in [0.5, 0.6) is 0 Å². The van der Waals surface area contributed by atoms with E-state index >= 15 is 0 Å². The molecule has 36 heavy (non-hydrogen) atoms. The highest BCUT2D eigenvalue weighted by Crippen LogP contribution is 2.30. The summed E-state index contributed by atoms with van der Waals surface area (Å²) in [6.45, 7) is 7.20. The summed E-state index contributed by atoms with van der Waals surface area (Å²) >= 11 is 0. The van der Waals surface area contributed by atoms with Crippen molar-refractivity contribution in [1.82, 2.24) is 15.0 Å². The number of nitriles is 1. The lowest BCUT2D eigenvalue weighted by Gasteiger charge is -2.03. The molecule has 0 bridgehead atoms. The van der Waals surface area contributed by atoms with Crippen molar-refractivity contribution in [2.45, 2.75) is 0 Å². The number of halogens is 2. The van der Waals surface area contributed by atoms with Gasteiger partial charge in [0.15, 0.2) is 5.36 Å². The van der Waals surface area contributed by atoms with Gasteiger partial charge < -0.3 is 0 Å². The van der Waals surface area contributed by atoms with Gasteiger partial charge in [-0.05, 0) is 53.9 Å². The van der Waals surface area contributed by atoms with Crippen LogP contribution in [0.2, 0.25) is 0 Å². The smallest absolute Gasteiger partial charge is 0.206 e. The van der Waals surface area contributed by atoms with Gasteiger partial charge in [0.1, 0.15) is 22.5 Å². The van der Waals surface area contributed by atoms with Crippen LogP contribution in [-0.2, 0) is 0 Å². The van der Waals surface area contributed by atoms with E-state index in [-0.39, 0.29) is 5.36 Å². The minimum Gasteiger partial charge on any atom is -0.245 e.